The van der Waals surface area contributed by atoms with E-state index in [9.17, 15) is 4.79 Å². The number of benzene rings is 1. The molecule has 2 fully saturated rings. The topological polar surface area (TPSA) is 100 Å². The molecular weight excluding hydrogens is 394 g/mol. The lowest BCUT2D eigenvalue weighted by atomic mass is 9.89. The van der Waals surface area contributed by atoms with Gasteiger partial charge in [0.2, 0.25) is 5.88 Å². The molecule has 1 saturated heterocycles. The van der Waals surface area contributed by atoms with Crippen molar-refractivity contribution in [3.63, 3.8) is 0 Å². The van der Waals surface area contributed by atoms with Crippen LogP contribution in [0, 0.1) is 0 Å². The van der Waals surface area contributed by atoms with Crippen molar-refractivity contribution in [2.45, 2.75) is 43.7 Å². The van der Waals surface area contributed by atoms with Crippen LogP contribution in [0.5, 0.6) is 5.88 Å². The van der Waals surface area contributed by atoms with Gasteiger partial charge in [-0.05, 0) is 31.0 Å². The Morgan fingerprint density at radius 2 is 1.84 bits per heavy atom. The lowest BCUT2D eigenvalue weighted by Crippen LogP contribution is -2.43. The number of anilines is 1. The van der Waals surface area contributed by atoms with Gasteiger partial charge in [-0.2, -0.15) is 0 Å². The number of carboxylic acid groups (broad SMARTS) is 1. The van der Waals surface area contributed by atoms with Crippen molar-refractivity contribution in [3.8, 4) is 5.88 Å². The molecular formula is C23H25N5O3. The standard InChI is InChI=1S/C23H25N5O3/c29-23(30)28-11-7-16(8-12-28)21-22(25-10-9-24-21)31-18-13-17(14-18)26-20-6-5-15-3-1-2-4-19(15)27-20/h1-6,9-10,16-18H,7-8,11-14H2,(H,26,27)(H,29,30). The summed E-state index contributed by atoms with van der Waals surface area (Å²) in [7, 11) is 0. The van der Waals surface area contributed by atoms with Gasteiger partial charge in [-0.3, -0.25) is 4.98 Å². The van der Waals surface area contributed by atoms with Crippen LogP contribution in [0.15, 0.2) is 48.8 Å². The van der Waals surface area contributed by atoms with Crippen LogP contribution in [-0.4, -0.2) is 56.3 Å². The SMILES string of the molecule is O=C(O)N1CCC(c2nccnc2OC2CC(Nc3ccc4ccccc4n3)C2)CC1. The number of nitrogens with zero attached hydrogens (tertiary/aromatic N) is 4. The predicted octanol–water partition coefficient (Wildman–Crippen LogP) is 3.90. The number of hydrogen-bond donors (Lipinski definition) is 2. The van der Waals surface area contributed by atoms with Crippen molar-refractivity contribution in [1.29, 1.82) is 0 Å². The average Bonchev–Trinajstić information content (AvgIpc) is 2.78. The quantitative estimate of drug-likeness (QED) is 0.647. The number of likely N-dealkylation sites (tertiary alicyclic amines) is 1. The third-order valence-electron chi connectivity index (χ3n) is 6.17. The lowest BCUT2D eigenvalue weighted by molar-refractivity contribution is 0.0985. The van der Waals surface area contributed by atoms with Crippen LogP contribution in [0.1, 0.15) is 37.3 Å². The minimum absolute atomic E-state index is 0.0903. The monoisotopic (exact) mass is 419 g/mol. The second-order valence-electron chi connectivity index (χ2n) is 8.23. The van der Waals surface area contributed by atoms with E-state index in [1.54, 1.807) is 12.4 Å². The number of fused-ring (bicyclic) bond motifs is 1. The molecule has 0 atom stereocenters. The van der Waals surface area contributed by atoms with Gasteiger partial charge in [-0.15, -0.1) is 0 Å². The fraction of sp³-hybridized carbons (Fsp3) is 0.391. The van der Waals surface area contributed by atoms with Gasteiger partial charge in [0.05, 0.1) is 5.52 Å². The van der Waals surface area contributed by atoms with Crippen LogP contribution in [0.2, 0.25) is 0 Å². The zero-order valence-corrected chi connectivity index (χ0v) is 17.1. The Balaban J connectivity index is 1.17. The maximum Gasteiger partial charge on any atom is 0.407 e. The van der Waals surface area contributed by atoms with E-state index in [1.807, 2.05) is 24.3 Å². The minimum atomic E-state index is -0.858. The second-order valence-corrected chi connectivity index (χ2v) is 8.23. The van der Waals surface area contributed by atoms with E-state index >= 15 is 0 Å². The fourth-order valence-electron chi connectivity index (χ4n) is 4.34. The third kappa shape index (κ3) is 4.23. The number of amides is 1. The highest BCUT2D eigenvalue weighted by atomic mass is 16.5. The maximum absolute atomic E-state index is 11.1. The molecule has 0 unspecified atom stereocenters. The van der Waals surface area contributed by atoms with E-state index in [0.717, 1.165) is 48.1 Å². The summed E-state index contributed by atoms with van der Waals surface area (Å²) in [6.07, 6.45) is 5.80. The first-order chi connectivity index (χ1) is 15.2. The van der Waals surface area contributed by atoms with Gasteiger partial charge < -0.3 is 20.1 Å². The van der Waals surface area contributed by atoms with E-state index in [0.29, 0.717) is 25.0 Å². The summed E-state index contributed by atoms with van der Waals surface area (Å²) in [4.78, 5) is 26.2. The van der Waals surface area contributed by atoms with E-state index in [4.69, 9.17) is 9.84 Å². The molecule has 5 rings (SSSR count). The summed E-state index contributed by atoms with van der Waals surface area (Å²) in [5, 5.41) is 13.8. The summed E-state index contributed by atoms with van der Waals surface area (Å²) in [6, 6.07) is 12.5. The van der Waals surface area contributed by atoms with E-state index < -0.39 is 6.09 Å². The molecule has 2 aliphatic rings. The molecule has 2 aromatic heterocycles. The molecule has 0 bridgehead atoms. The number of rotatable bonds is 5. The third-order valence-corrected chi connectivity index (χ3v) is 6.17. The fourth-order valence-corrected chi connectivity index (χ4v) is 4.34. The first-order valence-electron chi connectivity index (χ1n) is 10.7. The summed E-state index contributed by atoms with van der Waals surface area (Å²) < 4.78 is 6.18. The van der Waals surface area contributed by atoms with E-state index in [2.05, 4.69) is 32.4 Å². The van der Waals surface area contributed by atoms with Gasteiger partial charge in [0.25, 0.3) is 0 Å². The zero-order chi connectivity index (χ0) is 21.2. The molecule has 2 N–H and O–H groups in total. The average molecular weight is 419 g/mol. The van der Waals surface area contributed by atoms with Crippen molar-refractivity contribution in [3.05, 3.63) is 54.5 Å². The summed E-state index contributed by atoms with van der Waals surface area (Å²) in [6.45, 7) is 1.04. The first-order valence-corrected chi connectivity index (χ1v) is 10.7. The molecule has 1 aromatic carbocycles. The molecule has 31 heavy (non-hydrogen) atoms. The van der Waals surface area contributed by atoms with Crippen molar-refractivity contribution >= 4 is 22.8 Å². The first kappa shape index (κ1) is 19.5. The molecule has 0 radical (unpaired) electrons. The van der Waals surface area contributed by atoms with Gasteiger partial charge >= 0.3 is 6.09 Å². The molecule has 160 valence electrons. The molecule has 1 aliphatic carbocycles. The Morgan fingerprint density at radius 1 is 1.06 bits per heavy atom. The van der Waals surface area contributed by atoms with Crippen LogP contribution < -0.4 is 10.1 Å². The minimum Gasteiger partial charge on any atom is -0.473 e. The van der Waals surface area contributed by atoms with Crippen LogP contribution >= 0.6 is 0 Å². The molecule has 0 spiro atoms. The van der Waals surface area contributed by atoms with Gasteiger partial charge in [0, 0.05) is 55.7 Å². The van der Waals surface area contributed by atoms with Gasteiger partial charge in [0.15, 0.2) is 0 Å². The van der Waals surface area contributed by atoms with Crippen LogP contribution in [-0.2, 0) is 0 Å². The number of pyridine rings is 1. The van der Waals surface area contributed by atoms with Crippen LogP contribution in [0.3, 0.4) is 0 Å². The van der Waals surface area contributed by atoms with Crippen molar-refractivity contribution in [1.82, 2.24) is 19.9 Å². The number of para-hydroxylation sites is 1. The molecule has 3 heterocycles. The highest BCUT2D eigenvalue weighted by Gasteiger charge is 2.33. The summed E-state index contributed by atoms with van der Waals surface area (Å²) in [5.74, 6) is 1.64. The Bertz CT molecular complexity index is 1080. The van der Waals surface area contributed by atoms with Crippen molar-refractivity contribution in [2.75, 3.05) is 18.4 Å². The highest BCUT2D eigenvalue weighted by Crippen LogP contribution is 2.34. The normalized spacial score (nSPS) is 21.5. The van der Waals surface area contributed by atoms with Crippen molar-refractivity contribution < 1.29 is 14.6 Å². The summed E-state index contributed by atoms with van der Waals surface area (Å²) in [5.41, 5.74) is 1.83. The largest absolute Gasteiger partial charge is 0.473 e. The van der Waals surface area contributed by atoms with Gasteiger partial charge in [0.1, 0.15) is 17.6 Å². The molecule has 1 aliphatic heterocycles. The van der Waals surface area contributed by atoms with E-state index in [-0.39, 0.29) is 12.0 Å². The number of piperidine rings is 1. The lowest BCUT2D eigenvalue weighted by Gasteiger charge is -2.36. The zero-order valence-electron chi connectivity index (χ0n) is 17.1. The molecule has 8 nitrogen and oxygen atoms in total. The number of aromatic nitrogens is 3. The molecule has 1 saturated carbocycles. The molecule has 8 heteroatoms. The molecule has 1 amide bonds. The van der Waals surface area contributed by atoms with Crippen LogP contribution in [0.25, 0.3) is 10.9 Å². The Kier molecular flexibility index (Phi) is 5.28. The number of nitrogens with one attached hydrogen (secondary N) is 1. The Labute approximate surface area is 180 Å². The number of carbonyl (C=O) groups is 1. The highest BCUT2D eigenvalue weighted by molar-refractivity contribution is 5.80. The summed E-state index contributed by atoms with van der Waals surface area (Å²) >= 11 is 0. The number of hydrogen-bond acceptors (Lipinski definition) is 6. The second kappa shape index (κ2) is 8.37. The van der Waals surface area contributed by atoms with Crippen LogP contribution in [0.4, 0.5) is 10.6 Å². The van der Waals surface area contributed by atoms with Gasteiger partial charge in [-0.25, -0.2) is 14.8 Å². The van der Waals surface area contributed by atoms with E-state index in [1.165, 1.54) is 4.90 Å². The maximum atomic E-state index is 11.1. The Hall–Kier alpha value is -3.42. The Morgan fingerprint density at radius 3 is 2.65 bits per heavy atom. The smallest absolute Gasteiger partial charge is 0.407 e. The van der Waals surface area contributed by atoms with Crippen molar-refractivity contribution in [2.24, 2.45) is 0 Å². The molecule has 3 aromatic rings. The van der Waals surface area contributed by atoms with Gasteiger partial charge in [-0.1, -0.05) is 18.2 Å². The number of ether oxygens (including phenoxy) is 1. The predicted molar refractivity (Wildman–Crippen MR) is 116 cm³/mol.